The molecule has 0 spiro atoms. The van der Waals surface area contributed by atoms with E-state index in [-0.39, 0.29) is 13.2 Å². The van der Waals surface area contributed by atoms with Crippen molar-refractivity contribution in [1.82, 2.24) is 0 Å². The van der Waals surface area contributed by atoms with Crippen molar-refractivity contribution in [3.05, 3.63) is 0 Å². The highest BCUT2D eigenvalue weighted by molar-refractivity contribution is 4.71. The van der Waals surface area contributed by atoms with Crippen molar-refractivity contribution in [3.8, 4) is 0 Å². The second-order valence-corrected chi connectivity index (χ2v) is 5.28. The van der Waals surface area contributed by atoms with Gasteiger partial charge in [0.15, 0.2) is 0 Å². The first-order valence-electron chi connectivity index (χ1n) is 6.41. The first-order chi connectivity index (χ1) is 7.51. The van der Waals surface area contributed by atoms with Crippen LogP contribution in [0.15, 0.2) is 0 Å². The maximum absolute atomic E-state index is 8.17. The first-order valence-corrected chi connectivity index (χ1v) is 6.41. The molecule has 3 nitrogen and oxygen atoms in total. The number of aliphatic hydroxyl groups is 3. The fourth-order valence-corrected chi connectivity index (χ4v) is 2.01. The van der Waals surface area contributed by atoms with Crippen LogP contribution in [0, 0.1) is 17.8 Å². The summed E-state index contributed by atoms with van der Waals surface area (Å²) in [6.07, 6.45) is 4.97. The molecule has 1 fully saturated rings. The summed E-state index contributed by atoms with van der Waals surface area (Å²) in [4.78, 5) is 0. The summed E-state index contributed by atoms with van der Waals surface area (Å²) in [6.45, 7) is 6.38. The Kier molecular flexibility index (Phi) is 8.90. The zero-order valence-corrected chi connectivity index (χ0v) is 10.9. The average Bonchev–Trinajstić information content (AvgIpc) is 2.29. The van der Waals surface area contributed by atoms with Gasteiger partial charge in [0, 0.05) is 0 Å². The fourth-order valence-electron chi connectivity index (χ4n) is 2.01. The maximum atomic E-state index is 8.17. The molecule has 0 aliphatic heterocycles. The van der Waals surface area contributed by atoms with Crippen molar-refractivity contribution >= 4 is 0 Å². The highest BCUT2D eigenvalue weighted by Gasteiger charge is 2.19. The van der Waals surface area contributed by atoms with Crippen molar-refractivity contribution in [2.75, 3.05) is 13.2 Å². The summed E-state index contributed by atoms with van der Waals surface area (Å²) in [7, 11) is 0. The summed E-state index contributed by atoms with van der Waals surface area (Å²) >= 11 is 0. The van der Waals surface area contributed by atoms with Crippen LogP contribution < -0.4 is 0 Å². The van der Waals surface area contributed by atoms with Gasteiger partial charge < -0.3 is 15.3 Å². The second-order valence-electron chi connectivity index (χ2n) is 5.28. The lowest BCUT2D eigenvalue weighted by Gasteiger charge is -2.28. The van der Waals surface area contributed by atoms with E-state index in [1.807, 2.05) is 0 Å². The van der Waals surface area contributed by atoms with Crippen LogP contribution in [-0.2, 0) is 0 Å². The van der Waals surface area contributed by atoms with E-state index in [4.69, 9.17) is 15.3 Å². The van der Waals surface area contributed by atoms with Gasteiger partial charge in [-0.3, -0.25) is 0 Å². The van der Waals surface area contributed by atoms with Gasteiger partial charge in [-0.1, -0.05) is 33.6 Å². The van der Waals surface area contributed by atoms with Crippen LogP contribution in [0.3, 0.4) is 0 Å². The lowest BCUT2D eigenvalue weighted by atomic mass is 9.78. The van der Waals surface area contributed by atoms with Crippen LogP contribution in [0.2, 0.25) is 0 Å². The highest BCUT2D eigenvalue weighted by atomic mass is 16.3. The van der Waals surface area contributed by atoms with E-state index in [2.05, 4.69) is 20.8 Å². The maximum Gasteiger partial charge on any atom is 0.100 e. The quantitative estimate of drug-likeness (QED) is 0.695. The number of rotatable bonds is 3. The van der Waals surface area contributed by atoms with Crippen LogP contribution in [0.4, 0.5) is 0 Å². The molecule has 0 amide bonds. The predicted octanol–water partition coefficient (Wildman–Crippen LogP) is 1.80. The van der Waals surface area contributed by atoms with E-state index in [1.54, 1.807) is 0 Å². The largest absolute Gasteiger partial charge is 0.394 e. The van der Waals surface area contributed by atoms with E-state index in [9.17, 15) is 0 Å². The van der Waals surface area contributed by atoms with E-state index in [0.29, 0.717) is 0 Å². The monoisotopic (exact) mass is 232 g/mol. The molecule has 0 saturated heterocycles. The number of aliphatic hydroxyl groups excluding tert-OH is 3. The highest BCUT2D eigenvalue weighted by Crippen LogP contribution is 2.32. The Bertz CT molecular complexity index is 147. The minimum absolute atomic E-state index is 0.365. The molecule has 98 valence electrons. The molecular formula is C13H28O3. The molecule has 3 heteroatoms. The topological polar surface area (TPSA) is 60.7 Å². The lowest BCUT2D eigenvalue weighted by Crippen LogP contribution is -2.16. The molecular weight excluding hydrogens is 204 g/mol. The van der Waals surface area contributed by atoms with Crippen LogP contribution in [0.25, 0.3) is 0 Å². The molecule has 1 rings (SSSR count). The zero-order valence-electron chi connectivity index (χ0n) is 10.9. The van der Waals surface area contributed by atoms with E-state index < -0.39 is 6.10 Å². The van der Waals surface area contributed by atoms with Gasteiger partial charge in [-0.25, -0.2) is 0 Å². The SMILES string of the molecule is CC1CCC(C(C)C)CC1.OCC(O)CO. The van der Waals surface area contributed by atoms with E-state index in [1.165, 1.54) is 25.7 Å². The van der Waals surface area contributed by atoms with Crippen LogP contribution in [0.1, 0.15) is 46.5 Å². The van der Waals surface area contributed by atoms with Gasteiger partial charge in [0.25, 0.3) is 0 Å². The van der Waals surface area contributed by atoms with Crippen molar-refractivity contribution in [2.24, 2.45) is 17.8 Å². The Labute approximate surface area is 99.5 Å². The molecule has 0 aromatic heterocycles. The Morgan fingerprint density at radius 2 is 1.44 bits per heavy atom. The van der Waals surface area contributed by atoms with Gasteiger partial charge in [0.2, 0.25) is 0 Å². The van der Waals surface area contributed by atoms with Crippen LogP contribution in [-0.4, -0.2) is 34.6 Å². The van der Waals surface area contributed by atoms with E-state index >= 15 is 0 Å². The molecule has 1 aliphatic rings. The fraction of sp³-hybridized carbons (Fsp3) is 1.00. The van der Waals surface area contributed by atoms with E-state index in [0.717, 1.165) is 17.8 Å². The number of hydrogen-bond donors (Lipinski definition) is 3. The van der Waals surface area contributed by atoms with Gasteiger partial charge in [-0.05, 0) is 30.6 Å². The summed E-state index contributed by atoms with van der Waals surface area (Å²) in [5.41, 5.74) is 0. The molecule has 3 N–H and O–H groups in total. The minimum atomic E-state index is -0.954. The Balaban J connectivity index is 0.000000325. The molecule has 0 heterocycles. The Hall–Kier alpha value is -0.120. The minimum Gasteiger partial charge on any atom is -0.394 e. The standard InChI is InChI=1S/C10H20.C3H8O3/c1-8(2)10-6-4-9(3)5-7-10;4-1-3(6)2-5/h8-10H,4-7H2,1-3H3;3-6H,1-2H2. The van der Waals surface area contributed by atoms with Gasteiger partial charge in [-0.15, -0.1) is 0 Å². The number of hydrogen-bond acceptors (Lipinski definition) is 3. The molecule has 0 atom stereocenters. The van der Waals surface area contributed by atoms with Crippen LogP contribution >= 0.6 is 0 Å². The molecule has 0 unspecified atom stereocenters. The van der Waals surface area contributed by atoms with Crippen molar-refractivity contribution in [3.63, 3.8) is 0 Å². The molecule has 0 radical (unpaired) electrons. The van der Waals surface area contributed by atoms with Gasteiger partial charge in [0.05, 0.1) is 13.2 Å². The first kappa shape index (κ1) is 15.9. The van der Waals surface area contributed by atoms with Crippen molar-refractivity contribution in [1.29, 1.82) is 0 Å². The van der Waals surface area contributed by atoms with Crippen LogP contribution in [0.5, 0.6) is 0 Å². The third-order valence-electron chi connectivity index (χ3n) is 3.42. The summed E-state index contributed by atoms with van der Waals surface area (Å²) < 4.78 is 0. The van der Waals surface area contributed by atoms with Crippen molar-refractivity contribution < 1.29 is 15.3 Å². The lowest BCUT2D eigenvalue weighted by molar-refractivity contribution is 0.0450. The average molecular weight is 232 g/mol. The third-order valence-corrected chi connectivity index (χ3v) is 3.42. The smallest absolute Gasteiger partial charge is 0.100 e. The molecule has 0 bridgehead atoms. The van der Waals surface area contributed by atoms with Crippen molar-refractivity contribution in [2.45, 2.75) is 52.6 Å². The molecule has 16 heavy (non-hydrogen) atoms. The summed E-state index contributed by atoms with van der Waals surface area (Å²) in [6, 6.07) is 0. The Morgan fingerprint density at radius 3 is 1.69 bits per heavy atom. The molecule has 0 aromatic carbocycles. The third kappa shape index (κ3) is 7.20. The Morgan fingerprint density at radius 1 is 1.00 bits per heavy atom. The summed E-state index contributed by atoms with van der Waals surface area (Å²) in [5.74, 6) is 2.97. The predicted molar refractivity (Wildman–Crippen MR) is 66.1 cm³/mol. The second kappa shape index (κ2) is 8.97. The summed E-state index contributed by atoms with van der Waals surface area (Å²) in [5, 5.41) is 24.0. The normalized spacial score (nSPS) is 25.5. The zero-order chi connectivity index (χ0) is 12.6. The van der Waals surface area contributed by atoms with Gasteiger partial charge in [0.1, 0.15) is 6.10 Å². The van der Waals surface area contributed by atoms with Gasteiger partial charge in [-0.2, -0.15) is 0 Å². The molecule has 1 saturated carbocycles. The van der Waals surface area contributed by atoms with Gasteiger partial charge >= 0.3 is 0 Å². The molecule has 0 aromatic rings. The molecule has 1 aliphatic carbocycles.